The molecule has 8 heteroatoms. The van der Waals surface area contributed by atoms with Crippen molar-refractivity contribution < 1.29 is 24.7 Å². The van der Waals surface area contributed by atoms with Crippen LogP contribution in [0.15, 0.2) is 66.7 Å². The van der Waals surface area contributed by atoms with Crippen LogP contribution in [-0.2, 0) is 17.8 Å². The number of rotatable bonds is 10. The number of nitrogens with two attached hydrogens (primary N) is 1. The van der Waals surface area contributed by atoms with Crippen LogP contribution >= 0.6 is 0 Å². The van der Waals surface area contributed by atoms with E-state index in [-0.39, 0.29) is 30.9 Å². The van der Waals surface area contributed by atoms with E-state index in [0.29, 0.717) is 5.56 Å². The topological polar surface area (TPSA) is 136 Å². The minimum absolute atomic E-state index is 0.0658. The summed E-state index contributed by atoms with van der Waals surface area (Å²) < 4.78 is 5.82. The predicted molar refractivity (Wildman–Crippen MR) is 124 cm³/mol. The molecule has 3 aromatic rings. The Hall–Kier alpha value is -3.75. The molecular formula is C25H26N2O6. The number of carbonyl (C=O) groups is 1. The highest BCUT2D eigenvalue weighted by molar-refractivity contribution is 5.73. The lowest BCUT2D eigenvalue weighted by atomic mass is 9.97. The highest BCUT2D eigenvalue weighted by atomic mass is 16.6. The first kappa shape index (κ1) is 23.9. The van der Waals surface area contributed by atoms with Gasteiger partial charge in [-0.15, -0.1) is 0 Å². The maximum atomic E-state index is 11.6. The molecule has 0 aliphatic heterocycles. The fourth-order valence-electron chi connectivity index (χ4n) is 3.57. The fraction of sp³-hybridized carbons (Fsp3) is 0.240. The van der Waals surface area contributed by atoms with Crippen molar-refractivity contribution in [3.8, 4) is 16.9 Å². The van der Waals surface area contributed by atoms with E-state index >= 15 is 0 Å². The first-order valence-electron chi connectivity index (χ1n) is 10.5. The molecule has 0 saturated heterocycles. The molecule has 0 fully saturated rings. The van der Waals surface area contributed by atoms with Crippen molar-refractivity contribution in [3.05, 3.63) is 93.5 Å². The minimum Gasteiger partial charge on any atom is -0.482 e. The van der Waals surface area contributed by atoms with E-state index in [2.05, 4.69) is 0 Å². The Balaban J connectivity index is 1.74. The minimum atomic E-state index is -1.41. The third-order valence-corrected chi connectivity index (χ3v) is 5.56. The van der Waals surface area contributed by atoms with E-state index in [0.717, 1.165) is 22.3 Å². The van der Waals surface area contributed by atoms with E-state index in [1.807, 2.05) is 55.5 Å². The molecule has 33 heavy (non-hydrogen) atoms. The third-order valence-electron chi connectivity index (χ3n) is 5.56. The molecule has 172 valence electrons. The number of hydrogen-bond acceptors (Lipinski definition) is 6. The molecule has 3 rings (SSSR count). The lowest BCUT2D eigenvalue weighted by molar-refractivity contribution is -0.386. The number of carboxylic acid groups (broad SMARTS) is 1. The van der Waals surface area contributed by atoms with Crippen LogP contribution in [0.3, 0.4) is 0 Å². The zero-order valence-electron chi connectivity index (χ0n) is 18.2. The molecule has 2 atom stereocenters. The van der Waals surface area contributed by atoms with Crippen LogP contribution in [0.25, 0.3) is 11.1 Å². The van der Waals surface area contributed by atoms with Crippen molar-refractivity contribution >= 4 is 11.7 Å². The van der Waals surface area contributed by atoms with Gasteiger partial charge in [-0.05, 0) is 53.6 Å². The smallest absolute Gasteiger partial charge is 0.323 e. The first-order chi connectivity index (χ1) is 15.8. The van der Waals surface area contributed by atoms with E-state index in [4.69, 9.17) is 15.6 Å². The lowest BCUT2D eigenvalue weighted by Crippen LogP contribution is -2.41. The van der Waals surface area contributed by atoms with Crippen molar-refractivity contribution in [2.45, 2.75) is 38.5 Å². The summed E-state index contributed by atoms with van der Waals surface area (Å²) in [4.78, 5) is 21.9. The van der Waals surface area contributed by atoms with Crippen LogP contribution in [0.5, 0.6) is 5.75 Å². The molecule has 0 bridgehead atoms. The maximum Gasteiger partial charge on any atom is 0.323 e. The first-order valence-corrected chi connectivity index (χ1v) is 10.5. The molecule has 0 aliphatic carbocycles. The van der Waals surface area contributed by atoms with Gasteiger partial charge in [0.05, 0.1) is 11.0 Å². The van der Waals surface area contributed by atoms with Crippen molar-refractivity contribution in [3.63, 3.8) is 0 Å². The van der Waals surface area contributed by atoms with Gasteiger partial charge in [0.15, 0.2) is 5.75 Å². The summed E-state index contributed by atoms with van der Waals surface area (Å²) >= 11 is 0. The van der Waals surface area contributed by atoms with E-state index < -0.39 is 23.0 Å². The van der Waals surface area contributed by atoms with Crippen LogP contribution in [0.2, 0.25) is 0 Å². The molecule has 4 N–H and O–H groups in total. The molecule has 8 nitrogen and oxygen atoms in total. The van der Waals surface area contributed by atoms with Crippen molar-refractivity contribution in [1.82, 2.24) is 0 Å². The number of hydrogen-bond donors (Lipinski definition) is 3. The second-order valence-corrected chi connectivity index (χ2v) is 7.77. The molecule has 0 spiro atoms. The van der Waals surface area contributed by atoms with Crippen molar-refractivity contribution in [1.29, 1.82) is 0 Å². The number of aryl methyl sites for hydroxylation is 1. The average molecular weight is 450 g/mol. The Kier molecular flexibility index (Phi) is 7.76. The summed E-state index contributed by atoms with van der Waals surface area (Å²) in [6.07, 6.45) is -0.949. The molecule has 0 amide bonds. The van der Waals surface area contributed by atoms with Gasteiger partial charge in [-0.2, -0.15) is 0 Å². The quantitative estimate of drug-likeness (QED) is 0.315. The third kappa shape index (κ3) is 5.94. The molecule has 0 aliphatic rings. The van der Waals surface area contributed by atoms with Gasteiger partial charge < -0.3 is 20.7 Å². The Bertz CT molecular complexity index is 1130. The SMILES string of the molecule is Cc1c(COc2ccc(CC[C@@H](O)[C@H](N)C(=O)O)cc2[N+](=O)[O-])cccc1-c1ccccc1. The predicted octanol–water partition coefficient (Wildman–Crippen LogP) is 3.85. The summed E-state index contributed by atoms with van der Waals surface area (Å²) in [7, 11) is 0. The Morgan fingerprint density at radius 1 is 1.12 bits per heavy atom. The van der Waals surface area contributed by atoms with Crippen molar-refractivity contribution in [2.75, 3.05) is 0 Å². The van der Waals surface area contributed by atoms with Crippen LogP contribution in [0, 0.1) is 17.0 Å². The van der Waals surface area contributed by atoms with Gasteiger partial charge >= 0.3 is 11.7 Å². The molecule has 0 heterocycles. The summed E-state index contributed by atoms with van der Waals surface area (Å²) in [6, 6.07) is 19.0. The zero-order chi connectivity index (χ0) is 24.0. The van der Waals surface area contributed by atoms with Crippen LogP contribution < -0.4 is 10.5 Å². The Morgan fingerprint density at radius 3 is 2.52 bits per heavy atom. The molecule has 0 unspecified atom stereocenters. The average Bonchev–Trinajstić information content (AvgIpc) is 2.82. The number of aliphatic hydroxyl groups excluding tert-OH is 1. The monoisotopic (exact) mass is 450 g/mol. The summed E-state index contributed by atoms with van der Waals surface area (Å²) in [6.45, 7) is 2.16. The lowest BCUT2D eigenvalue weighted by Gasteiger charge is -2.15. The van der Waals surface area contributed by atoms with Gasteiger partial charge in [-0.1, -0.05) is 54.6 Å². The van der Waals surface area contributed by atoms with Gasteiger partial charge in [0, 0.05) is 6.07 Å². The molecule has 0 aromatic heterocycles. The number of nitro benzene ring substituents is 1. The standard InChI is InChI=1S/C25H26N2O6/c1-16-19(8-5-9-20(16)18-6-3-2-4-7-18)15-33-23-13-11-17(14-21(23)27(31)32)10-12-22(28)24(26)25(29)30/h2-9,11,13-14,22,24,28H,10,12,15,26H2,1H3,(H,29,30)/t22-,24+/m1/s1. The molecular weight excluding hydrogens is 424 g/mol. The van der Waals surface area contributed by atoms with Gasteiger partial charge in [0.25, 0.3) is 0 Å². The normalized spacial score (nSPS) is 12.7. The number of aliphatic hydroxyl groups is 1. The van der Waals surface area contributed by atoms with Crippen LogP contribution in [-0.4, -0.2) is 33.3 Å². The van der Waals surface area contributed by atoms with Crippen LogP contribution in [0.1, 0.15) is 23.1 Å². The molecule has 0 saturated carbocycles. The fourth-order valence-corrected chi connectivity index (χ4v) is 3.57. The second kappa shape index (κ2) is 10.7. The highest BCUT2D eigenvalue weighted by Crippen LogP contribution is 2.31. The number of nitro groups is 1. The van der Waals surface area contributed by atoms with Crippen LogP contribution in [0.4, 0.5) is 5.69 Å². The number of carboxylic acids is 1. The van der Waals surface area contributed by atoms with E-state index in [1.165, 1.54) is 12.1 Å². The summed E-state index contributed by atoms with van der Waals surface area (Å²) in [5, 5.41) is 30.3. The van der Waals surface area contributed by atoms with Crippen molar-refractivity contribution in [2.24, 2.45) is 5.73 Å². The Morgan fingerprint density at radius 2 is 1.85 bits per heavy atom. The van der Waals surface area contributed by atoms with Gasteiger partial charge in [-0.3, -0.25) is 14.9 Å². The largest absolute Gasteiger partial charge is 0.482 e. The number of aliphatic carboxylic acids is 1. The molecule has 3 aromatic carbocycles. The van der Waals surface area contributed by atoms with Gasteiger partial charge in [0.1, 0.15) is 12.6 Å². The zero-order valence-corrected chi connectivity index (χ0v) is 18.2. The van der Waals surface area contributed by atoms with E-state index in [9.17, 15) is 20.0 Å². The summed E-state index contributed by atoms with van der Waals surface area (Å²) in [5.74, 6) is -1.17. The van der Waals surface area contributed by atoms with Gasteiger partial charge in [0.2, 0.25) is 0 Å². The second-order valence-electron chi connectivity index (χ2n) is 7.77. The molecule has 0 radical (unpaired) electrons. The number of ether oxygens (including phenoxy) is 1. The van der Waals surface area contributed by atoms with Gasteiger partial charge in [-0.25, -0.2) is 0 Å². The maximum absolute atomic E-state index is 11.6. The number of nitrogens with zero attached hydrogens (tertiary/aromatic N) is 1. The Labute approximate surface area is 191 Å². The number of benzene rings is 3. The summed E-state index contributed by atoms with van der Waals surface area (Å²) in [5.41, 5.74) is 9.89. The van der Waals surface area contributed by atoms with E-state index in [1.54, 1.807) is 6.07 Å². The highest BCUT2D eigenvalue weighted by Gasteiger charge is 2.22.